The van der Waals surface area contributed by atoms with Crippen molar-refractivity contribution in [3.8, 4) is 5.69 Å². The Morgan fingerprint density at radius 2 is 1.74 bits per heavy atom. The molecule has 3 aromatic rings. The fourth-order valence-corrected chi connectivity index (χ4v) is 5.31. The summed E-state index contributed by atoms with van der Waals surface area (Å²) in [6.45, 7) is 10.5. The third kappa shape index (κ3) is 5.23. The van der Waals surface area contributed by atoms with Crippen LogP contribution in [0.5, 0.6) is 0 Å². The van der Waals surface area contributed by atoms with Crippen molar-refractivity contribution in [2.24, 2.45) is 4.99 Å². The van der Waals surface area contributed by atoms with Gasteiger partial charge in [-0.2, -0.15) is 0 Å². The number of benzene rings is 2. The predicted octanol–water partition coefficient (Wildman–Crippen LogP) is 7.71. The minimum Gasteiger partial charge on any atom is -0.318 e. The van der Waals surface area contributed by atoms with Gasteiger partial charge in [-0.3, -0.25) is 4.79 Å². The van der Waals surface area contributed by atoms with Gasteiger partial charge in [0.2, 0.25) is 0 Å². The van der Waals surface area contributed by atoms with Gasteiger partial charge in [0.1, 0.15) is 0 Å². The number of aryl methyl sites for hydroxylation is 4. The van der Waals surface area contributed by atoms with Crippen LogP contribution in [0, 0.1) is 27.7 Å². The molecule has 1 aromatic heterocycles. The van der Waals surface area contributed by atoms with Gasteiger partial charge >= 0.3 is 0 Å². The topological polar surface area (TPSA) is 46.4 Å². The molecule has 176 valence electrons. The van der Waals surface area contributed by atoms with E-state index in [1.54, 1.807) is 0 Å². The molecule has 6 heteroatoms. The zero-order chi connectivity index (χ0) is 24.4. The minimum atomic E-state index is -0.112. The zero-order valence-corrected chi connectivity index (χ0v) is 22.7. The van der Waals surface area contributed by atoms with E-state index in [2.05, 4.69) is 81.9 Å². The van der Waals surface area contributed by atoms with Crippen LogP contribution >= 0.6 is 27.7 Å². The van der Waals surface area contributed by atoms with Crippen LogP contribution in [-0.2, 0) is 11.2 Å². The number of carbonyl (C=O) groups excluding carboxylic acids is 1. The summed E-state index contributed by atoms with van der Waals surface area (Å²) < 4.78 is 3.33. The van der Waals surface area contributed by atoms with E-state index < -0.39 is 0 Å². The molecule has 1 N–H and O–H groups in total. The van der Waals surface area contributed by atoms with E-state index in [9.17, 15) is 4.79 Å². The van der Waals surface area contributed by atoms with Crippen LogP contribution in [0.3, 0.4) is 0 Å². The summed E-state index contributed by atoms with van der Waals surface area (Å²) in [6.07, 6.45) is 5.50. The van der Waals surface area contributed by atoms with Crippen LogP contribution in [0.1, 0.15) is 53.4 Å². The quantitative estimate of drug-likeness (QED) is 0.328. The summed E-state index contributed by atoms with van der Waals surface area (Å²) in [5.41, 5.74) is 8.90. The summed E-state index contributed by atoms with van der Waals surface area (Å²) in [6, 6.07) is 15.0. The molecule has 1 amide bonds. The average Bonchev–Trinajstić information content (AvgIpc) is 3.28. The van der Waals surface area contributed by atoms with Gasteiger partial charge in [0, 0.05) is 21.5 Å². The van der Waals surface area contributed by atoms with E-state index in [1.807, 2.05) is 32.1 Å². The first kappa shape index (κ1) is 24.6. The molecule has 4 nitrogen and oxygen atoms in total. The Kier molecular flexibility index (Phi) is 7.48. The number of unbranched alkanes of at least 4 members (excludes halogenated alkanes) is 1. The van der Waals surface area contributed by atoms with Crippen LogP contribution in [0.25, 0.3) is 11.8 Å². The second-order valence-electron chi connectivity index (χ2n) is 8.81. The number of rotatable bonds is 6. The molecule has 0 atom stereocenters. The van der Waals surface area contributed by atoms with E-state index in [4.69, 9.17) is 0 Å². The van der Waals surface area contributed by atoms with E-state index in [0.29, 0.717) is 10.1 Å². The molecule has 0 aliphatic carbocycles. The normalized spacial score (nSPS) is 16.0. The number of halogens is 1. The summed E-state index contributed by atoms with van der Waals surface area (Å²) in [7, 11) is 0. The van der Waals surface area contributed by atoms with Gasteiger partial charge in [-0.1, -0.05) is 41.4 Å². The highest BCUT2D eigenvalue weighted by Gasteiger charge is 2.25. The molecule has 2 aromatic carbocycles. The van der Waals surface area contributed by atoms with Crippen LogP contribution in [0.4, 0.5) is 5.69 Å². The number of hydrogen-bond acceptors (Lipinski definition) is 3. The Labute approximate surface area is 214 Å². The highest BCUT2D eigenvalue weighted by Crippen LogP contribution is 2.32. The summed E-state index contributed by atoms with van der Waals surface area (Å²) >= 11 is 4.98. The lowest BCUT2D eigenvalue weighted by Gasteiger charge is -2.11. The largest absolute Gasteiger partial charge is 0.318 e. The maximum atomic E-state index is 12.7. The second-order valence-corrected chi connectivity index (χ2v) is 10.6. The fourth-order valence-electron chi connectivity index (χ4n) is 4.25. The number of amides is 1. The Bertz CT molecular complexity index is 1280. The number of aromatic nitrogens is 1. The molecule has 34 heavy (non-hydrogen) atoms. The lowest BCUT2D eigenvalue weighted by molar-refractivity contribution is -0.115. The number of aliphatic imine (C=N–C) groups is 1. The first-order valence-corrected chi connectivity index (χ1v) is 13.2. The maximum Gasteiger partial charge on any atom is 0.264 e. The first-order chi connectivity index (χ1) is 16.3. The summed E-state index contributed by atoms with van der Waals surface area (Å²) in [4.78, 5) is 18.0. The van der Waals surface area contributed by atoms with Gasteiger partial charge in [0.05, 0.1) is 10.6 Å². The van der Waals surface area contributed by atoms with Crippen molar-refractivity contribution in [3.05, 3.63) is 85.5 Å². The molecule has 1 saturated heterocycles. The highest BCUT2D eigenvalue weighted by molar-refractivity contribution is 9.10. The summed E-state index contributed by atoms with van der Waals surface area (Å²) in [5.74, 6) is -0.112. The molecule has 0 saturated carbocycles. The lowest BCUT2D eigenvalue weighted by Crippen LogP contribution is -2.19. The van der Waals surface area contributed by atoms with Gasteiger partial charge < -0.3 is 9.88 Å². The summed E-state index contributed by atoms with van der Waals surface area (Å²) in [5, 5.41) is 3.51. The fraction of sp³-hybridized carbons (Fsp3) is 0.286. The predicted molar refractivity (Wildman–Crippen MR) is 148 cm³/mol. The molecule has 0 spiro atoms. The van der Waals surface area contributed by atoms with Gasteiger partial charge in [0.25, 0.3) is 5.91 Å². The lowest BCUT2D eigenvalue weighted by atomic mass is 10.1. The number of carbonyl (C=O) groups is 1. The third-order valence-electron chi connectivity index (χ3n) is 6.07. The smallest absolute Gasteiger partial charge is 0.264 e. The Hall–Kier alpha value is -2.57. The molecule has 1 aliphatic heterocycles. The highest BCUT2D eigenvalue weighted by atomic mass is 79.9. The van der Waals surface area contributed by atoms with Crippen molar-refractivity contribution >= 4 is 50.5 Å². The van der Waals surface area contributed by atoms with Gasteiger partial charge in [-0.15, -0.1) is 0 Å². The first-order valence-electron chi connectivity index (χ1n) is 11.6. The zero-order valence-electron chi connectivity index (χ0n) is 20.3. The Balaban J connectivity index is 1.58. The number of thioether (sulfide) groups is 1. The van der Waals surface area contributed by atoms with Gasteiger partial charge in [-0.25, -0.2) is 4.99 Å². The molecule has 0 bridgehead atoms. The van der Waals surface area contributed by atoms with Gasteiger partial charge in [-0.05, 0) is 111 Å². The number of nitrogens with one attached hydrogen (secondary N) is 1. The van der Waals surface area contributed by atoms with Crippen molar-refractivity contribution in [2.75, 3.05) is 0 Å². The number of amidine groups is 1. The van der Waals surface area contributed by atoms with E-state index in [0.717, 1.165) is 50.3 Å². The average molecular weight is 537 g/mol. The van der Waals surface area contributed by atoms with Crippen LogP contribution in [-0.4, -0.2) is 15.6 Å². The van der Waals surface area contributed by atoms with Crippen molar-refractivity contribution in [3.63, 3.8) is 0 Å². The minimum absolute atomic E-state index is 0.112. The number of hydrogen-bond donors (Lipinski definition) is 1. The van der Waals surface area contributed by atoms with Crippen molar-refractivity contribution in [1.29, 1.82) is 0 Å². The van der Waals surface area contributed by atoms with E-state index >= 15 is 0 Å². The van der Waals surface area contributed by atoms with Crippen molar-refractivity contribution < 1.29 is 4.79 Å². The second kappa shape index (κ2) is 10.4. The third-order valence-corrected chi connectivity index (χ3v) is 8.23. The van der Waals surface area contributed by atoms with Gasteiger partial charge in [0.15, 0.2) is 5.17 Å². The van der Waals surface area contributed by atoms with Crippen LogP contribution < -0.4 is 5.32 Å². The molecule has 1 aliphatic rings. The molecule has 0 radical (unpaired) electrons. The van der Waals surface area contributed by atoms with E-state index in [-0.39, 0.29) is 5.91 Å². The standard InChI is InChI=1S/C28H30BrN3OS/c1-6-7-8-21-9-11-24(12-10-21)32-19(4)15-22(20(32)5)16-25-27(33)31-28(34-25)30-23-13-17(2)26(29)18(3)14-23/h9-16H,6-8H2,1-5H3,(H,30,31,33)/b25-16-. The SMILES string of the molecule is CCCCc1ccc(-n2c(C)cc(/C=C3\SC(=Nc4cc(C)c(Br)c(C)c4)NC3=O)c2C)cc1. The van der Waals surface area contributed by atoms with Crippen LogP contribution in [0.2, 0.25) is 0 Å². The Morgan fingerprint density at radius 1 is 1.06 bits per heavy atom. The molecule has 2 heterocycles. The molecular weight excluding hydrogens is 506 g/mol. The van der Waals surface area contributed by atoms with E-state index in [1.165, 1.54) is 30.2 Å². The van der Waals surface area contributed by atoms with Crippen molar-refractivity contribution in [1.82, 2.24) is 9.88 Å². The molecular formula is C28H30BrN3OS. The molecule has 0 unspecified atom stereocenters. The van der Waals surface area contributed by atoms with Crippen molar-refractivity contribution in [2.45, 2.75) is 53.9 Å². The molecule has 4 rings (SSSR count). The maximum absolute atomic E-state index is 12.7. The monoisotopic (exact) mass is 535 g/mol. The molecule has 1 fully saturated rings. The number of nitrogens with zero attached hydrogens (tertiary/aromatic N) is 2. The Morgan fingerprint density at radius 3 is 2.38 bits per heavy atom. The van der Waals surface area contributed by atoms with Crippen LogP contribution in [0.15, 0.2) is 56.8 Å².